The number of ether oxygens (including phenoxy) is 2. The molecule has 26 heavy (non-hydrogen) atoms. The monoisotopic (exact) mass is 378 g/mol. The van der Waals surface area contributed by atoms with Gasteiger partial charge in [-0.05, 0) is 29.8 Å². The van der Waals surface area contributed by atoms with Crippen LogP contribution >= 0.6 is 0 Å². The predicted molar refractivity (Wildman–Crippen MR) is 108 cm³/mol. The molecule has 0 aliphatic rings. The molecule has 1 unspecified atom stereocenters. The maximum Gasteiger partial charge on any atom is 0.192 e. The van der Waals surface area contributed by atoms with Crippen molar-refractivity contribution in [1.82, 2.24) is 4.98 Å². The number of aromatic amines is 1. The van der Waals surface area contributed by atoms with Crippen LogP contribution < -0.4 is 20.6 Å². The molecule has 0 spiro atoms. The number of nitrogens with two attached hydrogens (primary N) is 1. The maximum atomic E-state index is 12.6. The van der Waals surface area contributed by atoms with Crippen molar-refractivity contribution in [2.24, 2.45) is 5.73 Å². The number of pyridine rings is 1. The van der Waals surface area contributed by atoms with Crippen LogP contribution in [0.15, 0.2) is 23.1 Å². The molecule has 1 aromatic heterocycles. The van der Waals surface area contributed by atoms with Gasteiger partial charge in [-0.1, -0.05) is 20.8 Å². The van der Waals surface area contributed by atoms with Gasteiger partial charge >= 0.3 is 0 Å². The van der Waals surface area contributed by atoms with Crippen LogP contribution in [0.5, 0.6) is 11.5 Å². The van der Waals surface area contributed by atoms with Crippen molar-refractivity contribution in [3.8, 4) is 11.5 Å². The minimum Gasteiger partial charge on any atom is -0.493 e. The summed E-state index contributed by atoms with van der Waals surface area (Å²) in [7, 11) is 1.03. The first-order valence-electron chi connectivity index (χ1n) is 8.71. The van der Waals surface area contributed by atoms with Crippen LogP contribution in [0.25, 0.3) is 10.9 Å². The SMILES string of the molecule is COc1cc(C(CN)O[Si](C)(C)C(C)(C)C)c2c(=O)cc[nH]c2c1OC. The van der Waals surface area contributed by atoms with Gasteiger partial charge in [0.15, 0.2) is 25.2 Å². The lowest BCUT2D eigenvalue weighted by atomic mass is 10.0. The number of H-pyrrole nitrogens is 1. The van der Waals surface area contributed by atoms with Gasteiger partial charge in [-0.2, -0.15) is 0 Å². The average Bonchev–Trinajstić information content (AvgIpc) is 2.57. The molecule has 0 fully saturated rings. The molecule has 7 heteroatoms. The summed E-state index contributed by atoms with van der Waals surface area (Å²) in [6.45, 7) is 11.1. The van der Waals surface area contributed by atoms with Crippen molar-refractivity contribution < 1.29 is 13.9 Å². The molecule has 1 atom stereocenters. The molecule has 0 aliphatic carbocycles. The molecule has 1 heterocycles. The quantitative estimate of drug-likeness (QED) is 0.751. The Bertz CT molecular complexity index is 840. The molecular weight excluding hydrogens is 348 g/mol. The van der Waals surface area contributed by atoms with E-state index < -0.39 is 14.4 Å². The molecule has 3 N–H and O–H groups in total. The third kappa shape index (κ3) is 3.65. The summed E-state index contributed by atoms with van der Waals surface area (Å²) in [5.41, 5.74) is 7.28. The van der Waals surface area contributed by atoms with Crippen molar-refractivity contribution in [2.75, 3.05) is 20.8 Å². The summed E-state index contributed by atoms with van der Waals surface area (Å²) < 4.78 is 17.5. The molecule has 1 aromatic carbocycles. The maximum absolute atomic E-state index is 12.6. The van der Waals surface area contributed by atoms with Crippen molar-refractivity contribution in [2.45, 2.75) is 45.0 Å². The fourth-order valence-corrected chi connectivity index (χ4v) is 4.01. The Morgan fingerprint density at radius 2 is 1.88 bits per heavy atom. The molecule has 144 valence electrons. The highest BCUT2D eigenvalue weighted by molar-refractivity contribution is 6.74. The van der Waals surface area contributed by atoms with Crippen molar-refractivity contribution in [3.05, 3.63) is 34.1 Å². The Hall–Kier alpha value is -1.83. The van der Waals surface area contributed by atoms with E-state index in [4.69, 9.17) is 19.6 Å². The van der Waals surface area contributed by atoms with E-state index in [-0.39, 0.29) is 17.0 Å². The molecule has 2 rings (SSSR count). The number of benzene rings is 1. The summed E-state index contributed by atoms with van der Waals surface area (Å²) >= 11 is 0. The van der Waals surface area contributed by atoms with Gasteiger partial charge in [0.1, 0.15) is 0 Å². The first-order chi connectivity index (χ1) is 12.1. The second kappa shape index (κ2) is 7.42. The third-order valence-electron chi connectivity index (χ3n) is 5.21. The zero-order valence-corrected chi connectivity index (χ0v) is 17.7. The van der Waals surface area contributed by atoms with Gasteiger partial charge in [-0.15, -0.1) is 0 Å². The third-order valence-corrected chi connectivity index (χ3v) is 9.70. The molecule has 6 nitrogen and oxygen atoms in total. The normalized spacial score (nSPS) is 13.7. The van der Waals surface area contributed by atoms with E-state index >= 15 is 0 Å². The van der Waals surface area contributed by atoms with E-state index in [1.807, 2.05) is 0 Å². The number of hydrogen-bond acceptors (Lipinski definition) is 5. The van der Waals surface area contributed by atoms with Crippen molar-refractivity contribution >= 4 is 19.2 Å². The van der Waals surface area contributed by atoms with Gasteiger partial charge in [-0.25, -0.2) is 0 Å². The fraction of sp³-hybridized carbons (Fsp3) is 0.526. The Morgan fingerprint density at radius 3 is 2.38 bits per heavy atom. The Morgan fingerprint density at radius 1 is 1.23 bits per heavy atom. The van der Waals surface area contributed by atoms with Gasteiger partial charge in [-0.3, -0.25) is 4.79 Å². The van der Waals surface area contributed by atoms with Gasteiger partial charge < -0.3 is 24.6 Å². The number of fused-ring (bicyclic) bond motifs is 1. The number of rotatable bonds is 6. The topological polar surface area (TPSA) is 86.6 Å². The lowest BCUT2D eigenvalue weighted by Gasteiger charge is -2.39. The minimum atomic E-state index is -2.09. The number of hydrogen-bond donors (Lipinski definition) is 2. The summed E-state index contributed by atoms with van der Waals surface area (Å²) in [4.78, 5) is 15.8. The van der Waals surface area contributed by atoms with Gasteiger partial charge in [0.25, 0.3) is 0 Å². The lowest BCUT2D eigenvalue weighted by Crippen LogP contribution is -2.43. The van der Waals surface area contributed by atoms with E-state index in [1.165, 1.54) is 6.07 Å². The van der Waals surface area contributed by atoms with Crippen LogP contribution in [-0.2, 0) is 4.43 Å². The number of methoxy groups -OCH3 is 2. The zero-order valence-electron chi connectivity index (χ0n) is 16.7. The van der Waals surface area contributed by atoms with Crippen LogP contribution in [-0.4, -0.2) is 34.1 Å². The number of aromatic nitrogens is 1. The van der Waals surface area contributed by atoms with Crippen LogP contribution in [0.2, 0.25) is 18.1 Å². The van der Waals surface area contributed by atoms with Gasteiger partial charge in [0, 0.05) is 18.8 Å². The van der Waals surface area contributed by atoms with E-state index in [2.05, 4.69) is 38.8 Å². The fourth-order valence-electron chi connectivity index (χ4n) is 2.73. The minimum absolute atomic E-state index is 0.0270. The second-order valence-corrected chi connectivity index (χ2v) is 12.7. The van der Waals surface area contributed by atoms with Crippen molar-refractivity contribution in [1.29, 1.82) is 0 Å². The van der Waals surface area contributed by atoms with Crippen LogP contribution in [0.4, 0.5) is 0 Å². The van der Waals surface area contributed by atoms with Gasteiger partial charge in [0.2, 0.25) is 0 Å². The first-order valence-corrected chi connectivity index (χ1v) is 11.6. The molecule has 0 aliphatic heterocycles. The zero-order chi connectivity index (χ0) is 19.7. The summed E-state index contributed by atoms with van der Waals surface area (Å²) in [6, 6.07) is 3.30. The van der Waals surface area contributed by atoms with E-state index in [9.17, 15) is 4.79 Å². The van der Waals surface area contributed by atoms with Crippen molar-refractivity contribution in [3.63, 3.8) is 0 Å². The molecule has 0 amide bonds. The second-order valence-electron chi connectivity index (χ2n) is 7.90. The standard InChI is InChI=1S/C19H30N2O4Si/c1-19(2,3)26(6,7)25-15(11-20)12-10-14(23-4)18(24-5)17-16(12)13(22)8-9-21-17/h8-10,15H,11,20H2,1-7H3,(H,21,22). The van der Waals surface area contributed by atoms with Crippen LogP contribution in [0, 0.1) is 0 Å². The van der Waals surface area contributed by atoms with Crippen LogP contribution in [0.1, 0.15) is 32.4 Å². The highest BCUT2D eigenvalue weighted by Crippen LogP contribution is 2.42. The van der Waals surface area contributed by atoms with E-state index in [1.54, 1.807) is 26.5 Å². The molecular formula is C19H30N2O4Si. The Kier molecular flexibility index (Phi) is 5.84. The summed E-state index contributed by atoms with van der Waals surface area (Å²) in [6.07, 6.45) is 1.20. The van der Waals surface area contributed by atoms with E-state index in [0.29, 0.717) is 22.4 Å². The Labute approximate surface area is 155 Å². The smallest absolute Gasteiger partial charge is 0.192 e. The molecule has 0 bridgehead atoms. The molecule has 0 saturated carbocycles. The molecule has 2 aromatic rings. The first kappa shape index (κ1) is 20.5. The average molecular weight is 379 g/mol. The van der Waals surface area contributed by atoms with E-state index in [0.717, 1.165) is 5.56 Å². The largest absolute Gasteiger partial charge is 0.493 e. The van der Waals surface area contributed by atoms with Gasteiger partial charge in [0.05, 0.1) is 31.2 Å². The highest BCUT2D eigenvalue weighted by atomic mass is 28.4. The predicted octanol–water partition coefficient (Wildman–Crippen LogP) is 3.57. The highest BCUT2D eigenvalue weighted by Gasteiger charge is 2.39. The summed E-state index contributed by atoms with van der Waals surface area (Å²) in [5.74, 6) is 1.03. The number of nitrogens with one attached hydrogen (secondary N) is 1. The summed E-state index contributed by atoms with van der Waals surface area (Å²) in [5, 5.41) is 0.554. The lowest BCUT2D eigenvalue weighted by molar-refractivity contribution is 0.192. The molecule has 0 saturated heterocycles. The van der Waals surface area contributed by atoms with Crippen LogP contribution in [0.3, 0.4) is 0 Å². The molecule has 0 radical (unpaired) electrons. The Balaban J connectivity index is 2.73.